The fourth-order valence-corrected chi connectivity index (χ4v) is 5.17. The van der Waals surface area contributed by atoms with Crippen molar-refractivity contribution in [3.8, 4) is 0 Å². The quantitative estimate of drug-likeness (QED) is 0.755. The molecular formula is C18H35N. The zero-order chi connectivity index (χ0) is 14.0. The molecule has 1 heteroatoms. The Bertz CT molecular complexity index is 273. The molecule has 0 spiro atoms. The van der Waals surface area contributed by atoms with Crippen LogP contribution in [-0.4, -0.2) is 6.04 Å². The van der Waals surface area contributed by atoms with Crippen molar-refractivity contribution in [3.63, 3.8) is 0 Å². The highest BCUT2D eigenvalue weighted by atomic mass is 14.7. The Kier molecular flexibility index (Phi) is 5.34. The Hall–Kier alpha value is -0.0400. The third kappa shape index (κ3) is 3.35. The molecule has 19 heavy (non-hydrogen) atoms. The fraction of sp³-hybridized carbons (Fsp3) is 1.00. The molecule has 2 aliphatic carbocycles. The molecule has 0 aromatic carbocycles. The van der Waals surface area contributed by atoms with Crippen LogP contribution in [0.3, 0.4) is 0 Å². The van der Waals surface area contributed by atoms with Crippen LogP contribution in [0.2, 0.25) is 0 Å². The van der Waals surface area contributed by atoms with Crippen LogP contribution in [0.1, 0.15) is 72.6 Å². The molecule has 0 aromatic heterocycles. The Morgan fingerprint density at radius 2 is 1.84 bits per heavy atom. The van der Waals surface area contributed by atoms with Gasteiger partial charge in [0.2, 0.25) is 0 Å². The minimum Gasteiger partial charge on any atom is -0.327 e. The van der Waals surface area contributed by atoms with E-state index in [1.165, 1.54) is 38.5 Å². The van der Waals surface area contributed by atoms with E-state index in [-0.39, 0.29) is 0 Å². The number of hydrogen-bond acceptors (Lipinski definition) is 1. The number of nitrogens with two attached hydrogens (primary N) is 1. The molecule has 2 rings (SSSR count). The molecule has 112 valence electrons. The molecule has 0 heterocycles. The Morgan fingerprint density at radius 3 is 2.32 bits per heavy atom. The standard InChI is InChI=1S/C18H35N/c1-5-17(19)14(4)18(15-10-9-12(2)11-15)16-8-6-7-13(16)3/h12-18H,5-11,19H2,1-4H3. The highest BCUT2D eigenvalue weighted by Crippen LogP contribution is 2.49. The first-order valence-corrected chi connectivity index (χ1v) is 8.80. The average molecular weight is 265 g/mol. The maximum Gasteiger partial charge on any atom is 0.00647 e. The molecular weight excluding hydrogens is 230 g/mol. The highest BCUT2D eigenvalue weighted by molar-refractivity contribution is 4.92. The van der Waals surface area contributed by atoms with Crippen molar-refractivity contribution in [3.05, 3.63) is 0 Å². The summed E-state index contributed by atoms with van der Waals surface area (Å²) in [5.41, 5.74) is 6.43. The molecule has 1 nitrogen and oxygen atoms in total. The summed E-state index contributed by atoms with van der Waals surface area (Å²) in [5, 5.41) is 0. The van der Waals surface area contributed by atoms with Gasteiger partial charge in [-0.3, -0.25) is 0 Å². The number of hydrogen-bond donors (Lipinski definition) is 1. The van der Waals surface area contributed by atoms with Gasteiger partial charge in [0, 0.05) is 6.04 Å². The molecule has 0 bridgehead atoms. The summed E-state index contributed by atoms with van der Waals surface area (Å²) in [6.45, 7) is 9.65. The van der Waals surface area contributed by atoms with E-state index in [4.69, 9.17) is 5.73 Å². The topological polar surface area (TPSA) is 26.0 Å². The minimum atomic E-state index is 0.411. The average Bonchev–Trinajstić information content (AvgIpc) is 2.99. The maximum atomic E-state index is 6.43. The van der Waals surface area contributed by atoms with Crippen LogP contribution in [0.25, 0.3) is 0 Å². The zero-order valence-corrected chi connectivity index (χ0v) is 13.6. The van der Waals surface area contributed by atoms with Crippen LogP contribution < -0.4 is 5.73 Å². The van der Waals surface area contributed by atoms with Gasteiger partial charge in [0.25, 0.3) is 0 Å². The van der Waals surface area contributed by atoms with E-state index in [1.54, 1.807) is 0 Å². The molecule has 2 fully saturated rings. The smallest absolute Gasteiger partial charge is 0.00647 e. The Morgan fingerprint density at radius 1 is 1.11 bits per heavy atom. The van der Waals surface area contributed by atoms with Crippen LogP contribution >= 0.6 is 0 Å². The van der Waals surface area contributed by atoms with Gasteiger partial charge in [0.05, 0.1) is 0 Å². The van der Waals surface area contributed by atoms with Crippen molar-refractivity contribution in [2.75, 3.05) is 0 Å². The lowest BCUT2D eigenvalue weighted by Gasteiger charge is -2.39. The van der Waals surface area contributed by atoms with Gasteiger partial charge < -0.3 is 5.73 Å². The third-order valence-corrected chi connectivity index (χ3v) is 6.46. The van der Waals surface area contributed by atoms with Gasteiger partial charge in [-0.15, -0.1) is 0 Å². The summed E-state index contributed by atoms with van der Waals surface area (Å²) in [4.78, 5) is 0. The first kappa shape index (κ1) is 15.4. The summed E-state index contributed by atoms with van der Waals surface area (Å²) >= 11 is 0. The van der Waals surface area contributed by atoms with E-state index in [9.17, 15) is 0 Å². The largest absolute Gasteiger partial charge is 0.327 e. The van der Waals surface area contributed by atoms with Crippen molar-refractivity contribution in [2.24, 2.45) is 41.2 Å². The second kappa shape index (κ2) is 6.61. The van der Waals surface area contributed by atoms with Gasteiger partial charge in [-0.25, -0.2) is 0 Å². The van der Waals surface area contributed by atoms with E-state index in [2.05, 4.69) is 27.7 Å². The molecule has 7 atom stereocenters. The fourth-order valence-electron chi connectivity index (χ4n) is 5.17. The molecule has 0 amide bonds. The van der Waals surface area contributed by atoms with Gasteiger partial charge in [0.1, 0.15) is 0 Å². The first-order chi connectivity index (χ1) is 9.04. The predicted octanol–water partition coefficient (Wildman–Crippen LogP) is 4.85. The second-order valence-electron chi connectivity index (χ2n) is 7.76. The van der Waals surface area contributed by atoms with Crippen molar-refractivity contribution >= 4 is 0 Å². The molecule has 0 aliphatic heterocycles. The summed E-state index contributed by atoms with van der Waals surface area (Å²) in [6, 6.07) is 0.411. The minimum absolute atomic E-state index is 0.411. The van der Waals surface area contributed by atoms with Crippen LogP contribution in [0.5, 0.6) is 0 Å². The summed E-state index contributed by atoms with van der Waals surface area (Å²) in [5.74, 6) is 5.43. The normalized spacial score (nSPS) is 40.3. The first-order valence-electron chi connectivity index (χ1n) is 8.80. The molecule has 0 aromatic rings. The van der Waals surface area contributed by atoms with Crippen molar-refractivity contribution < 1.29 is 0 Å². The van der Waals surface area contributed by atoms with Crippen molar-refractivity contribution in [1.29, 1.82) is 0 Å². The summed E-state index contributed by atoms with van der Waals surface area (Å²) < 4.78 is 0. The van der Waals surface area contributed by atoms with Crippen LogP contribution in [-0.2, 0) is 0 Å². The molecule has 2 saturated carbocycles. The molecule has 2 aliphatic rings. The summed E-state index contributed by atoms with van der Waals surface area (Å²) in [7, 11) is 0. The lowest BCUT2D eigenvalue weighted by Crippen LogP contribution is -2.40. The van der Waals surface area contributed by atoms with E-state index in [1.807, 2.05) is 0 Å². The molecule has 0 saturated heterocycles. The lowest BCUT2D eigenvalue weighted by molar-refractivity contribution is 0.110. The van der Waals surface area contributed by atoms with Crippen LogP contribution in [0.15, 0.2) is 0 Å². The monoisotopic (exact) mass is 265 g/mol. The third-order valence-electron chi connectivity index (χ3n) is 6.46. The SMILES string of the molecule is CCC(N)C(C)C(C1CCC(C)C1)C1CCCC1C. The highest BCUT2D eigenvalue weighted by Gasteiger charge is 2.41. The van der Waals surface area contributed by atoms with Crippen molar-refractivity contribution in [1.82, 2.24) is 0 Å². The second-order valence-corrected chi connectivity index (χ2v) is 7.76. The summed E-state index contributed by atoms with van der Waals surface area (Å²) in [6.07, 6.45) is 9.91. The van der Waals surface area contributed by atoms with Gasteiger partial charge in [0.15, 0.2) is 0 Å². The van der Waals surface area contributed by atoms with Gasteiger partial charge in [-0.2, -0.15) is 0 Å². The van der Waals surface area contributed by atoms with E-state index in [0.717, 1.165) is 36.0 Å². The van der Waals surface area contributed by atoms with Crippen molar-refractivity contribution in [2.45, 2.75) is 78.7 Å². The van der Waals surface area contributed by atoms with Gasteiger partial charge in [-0.05, 0) is 61.2 Å². The van der Waals surface area contributed by atoms with Gasteiger partial charge >= 0.3 is 0 Å². The van der Waals surface area contributed by atoms with E-state index >= 15 is 0 Å². The lowest BCUT2D eigenvalue weighted by atomic mass is 9.67. The van der Waals surface area contributed by atoms with E-state index in [0.29, 0.717) is 12.0 Å². The molecule has 2 N–H and O–H groups in total. The predicted molar refractivity (Wildman–Crippen MR) is 83.9 cm³/mol. The maximum absolute atomic E-state index is 6.43. The molecule has 0 radical (unpaired) electrons. The van der Waals surface area contributed by atoms with E-state index < -0.39 is 0 Å². The molecule has 7 unspecified atom stereocenters. The van der Waals surface area contributed by atoms with Gasteiger partial charge in [-0.1, -0.05) is 47.0 Å². The Labute approximate surface area is 120 Å². The van der Waals surface area contributed by atoms with Crippen LogP contribution in [0, 0.1) is 35.5 Å². The Balaban J connectivity index is 2.12. The zero-order valence-electron chi connectivity index (χ0n) is 13.6. The van der Waals surface area contributed by atoms with Crippen LogP contribution in [0.4, 0.5) is 0 Å². The number of rotatable bonds is 5.